The minimum Gasteiger partial charge on any atom is -0.489 e. The van der Waals surface area contributed by atoms with Crippen molar-refractivity contribution < 1.29 is 14.3 Å². The van der Waals surface area contributed by atoms with Crippen molar-refractivity contribution in [1.82, 2.24) is 10.2 Å². The zero-order valence-corrected chi connectivity index (χ0v) is 17.7. The number of halogens is 1. The highest BCUT2D eigenvalue weighted by Crippen LogP contribution is 2.20. The first-order chi connectivity index (χ1) is 15.0. The Hall–Kier alpha value is -3.57. The average molecular weight is 433 g/mol. The van der Waals surface area contributed by atoms with Crippen LogP contribution in [0.3, 0.4) is 0 Å². The lowest BCUT2D eigenvalue weighted by Crippen LogP contribution is -2.30. The number of benzene rings is 3. The summed E-state index contributed by atoms with van der Waals surface area (Å²) in [5.74, 6) is 0.369. The maximum absolute atomic E-state index is 12.7. The molecule has 1 aliphatic heterocycles. The van der Waals surface area contributed by atoms with Crippen LogP contribution in [0.1, 0.15) is 22.3 Å². The quantitative estimate of drug-likeness (QED) is 0.423. The van der Waals surface area contributed by atoms with Crippen LogP contribution in [-0.2, 0) is 17.9 Å². The highest BCUT2D eigenvalue weighted by molar-refractivity contribution is 6.30. The Morgan fingerprint density at radius 2 is 1.55 bits per heavy atom. The third kappa shape index (κ3) is 5.13. The molecule has 1 heterocycles. The molecule has 1 N–H and O–H groups in total. The molecule has 5 nitrogen and oxygen atoms in total. The van der Waals surface area contributed by atoms with Gasteiger partial charge in [0.05, 0.1) is 6.54 Å². The molecule has 6 heteroatoms. The van der Waals surface area contributed by atoms with Crippen molar-refractivity contribution in [1.29, 1.82) is 0 Å². The van der Waals surface area contributed by atoms with E-state index in [1.54, 1.807) is 30.3 Å². The zero-order valence-electron chi connectivity index (χ0n) is 17.0. The van der Waals surface area contributed by atoms with Crippen LogP contribution < -0.4 is 10.1 Å². The van der Waals surface area contributed by atoms with Gasteiger partial charge in [0.25, 0.3) is 5.91 Å². The molecule has 1 saturated heterocycles. The SMILES string of the molecule is Cc1ccc(COc2ccc(/C=C3\NC(=O)N(Cc4ccc(Cl)cc4)C3=O)cc2)cc1. The number of urea groups is 1. The maximum Gasteiger partial charge on any atom is 0.329 e. The number of ether oxygens (including phenoxy) is 1. The van der Waals surface area contributed by atoms with E-state index in [-0.39, 0.29) is 18.1 Å². The predicted octanol–water partition coefficient (Wildman–Crippen LogP) is 5.32. The number of nitrogens with zero attached hydrogens (tertiary/aromatic N) is 1. The van der Waals surface area contributed by atoms with Crippen LogP contribution in [-0.4, -0.2) is 16.8 Å². The van der Waals surface area contributed by atoms with Crippen LogP contribution in [0, 0.1) is 6.92 Å². The van der Waals surface area contributed by atoms with Crippen LogP contribution in [0.15, 0.2) is 78.5 Å². The van der Waals surface area contributed by atoms with Crippen LogP contribution in [0.25, 0.3) is 6.08 Å². The molecule has 0 aliphatic carbocycles. The van der Waals surface area contributed by atoms with Crippen molar-refractivity contribution in [3.63, 3.8) is 0 Å². The number of hydrogen-bond acceptors (Lipinski definition) is 3. The monoisotopic (exact) mass is 432 g/mol. The van der Waals surface area contributed by atoms with Crippen molar-refractivity contribution in [2.75, 3.05) is 0 Å². The Labute approximate surface area is 185 Å². The number of carbonyl (C=O) groups is 2. The molecule has 3 amide bonds. The van der Waals surface area contributed by atoms with Gasteiger partial charge in [-0.25, -0.2) is 4.79 Å². The van der Waals surface area contributed by atoms with Crippen molar-refractivity contribution in [3.8, 4) is 5.75 Å². The summed E-state index contributed by atoms with van der Waals surface area (Å²) in [6.45, 7) is 2.71. The second-order valence-electron chi connectivity index (χ2n) is 7.35. The summed E-state index contributed by atoms with van der Waals surface area (Å²) in [7, 11) is 0. The molecule has 0 unspecified atom stereocenters. The maximum atomic E-state index is 12.7. The number of nitrogens with one attached hydrogen (secondary N) is 1. The van der Waals surface area contributed by atoms with E-state index in [4.69, 9.17) is 16.3 Å². The summed E-state index contributed by atoms with van der Waals surface area (Å²) < 4.78 is 5.81. The first-order valence-corrected chi connectivity index (χ1v) is 10.2. The molecular formula is C25H21ClN2O3. The fourth-order valence-corrected chi connectivity index (χ4v) is 3.29. The fraction of sp³-hybridized carbons (Fsp3) is 0.120. The number of imide groups is 1. The molecule has 0 bridgehead atoms. The Kier molecular flexibility index (Phi) is 6.05. The number of carbonyl (C=O) groups excluding carboxylic acids is 2. The molecule has 31 heavy (non-hydrogen) atoms. The molecule has 0 aromatic heterocycles. The molecule has 156 valence electrons. The third-order valence-corrected chi connectivity index (χ3v) is 5.19. The van der Waals surface area contributed by atoms with Gasteiger partial charge in [-0.3, -0.25) is 9.69 Å². The molecule has 3 aromatic rings. The van der Waals surface area contributed by atoms with Crippen molar-refractivity contribution in [2.45, 2.75) is 20.1 Å². The lowest BCUT2D eigenvalue weighted by molar-refractivity contribution is -0.123. The molecule has 3 aromatic carbocycles. The summed E-state index contributed by atoms with van der Waals surface area (Å²) in [6, 6.07) is 22.2. The predicted molar refractivity (Wildman–Crippen MR) is 120 cm³/mol. The molecule has 1 fully saturated rings. The molecule has 0 saturated carbocycles. The van der Waals surface area contributed by atoms with Crippen LogP contribution in [0.4, 0.5) is 4.79 Å². The third-order valence-electron chi connectivity index (χ3n) is 4.93. The zero-order chi connectivity index (χ0) is 21.8. The van der Waals surface area contributed by atoms with Gasteiger partial charge in [0.15, 0.2) is 0 Å². The number of hydrogen-bond donors (Lipinski definition) is 1. The van der Waals surface area contributed by atoms with E-state index in [0.717, 1.165) is 22.4 Å². The van der Waals surface area contributed by atoms with Crippen molar-refractivity contribution >= 4 is 29.6 Å². The minimum absolute atomic E-state index is 0.185. The van der Waals surface area contributed by atoms with Gasteiger partial charge in [-0.15, -0.1) is 0 Å². The highest BCUT2D eigenvalue weighted by Gasteiger charge is 2.33. The van der Waals surface area contributed by atoms with Gasteiger partial charge in [-0.1, -0.05) is 65.7 Å². The molecule has 0 radical (unpaired) electrons. The summed E-state index contributed by atoms with van der Waals surface area (Å²) in [6.07, 6.45) is 1.66. The van der Waals surface area contributed by atoms with E-state index < -0.39 is 6.03 Å². The van der Waals surface area contributed by atoms with Gasteiger partial charge < -0.3 is 10.1 Å². The van der Waals surface area contributed by atoms with E-state index in [2.05, 4.69) is 17.4 Å². The molecule has 4 rings (SSSR count). The van der Waals surface area contributed by atoms with Gasteiger partial charge >= 0.3 is 6.03 Å². The second kappa shape index (κ2) is 9.06. The van der Waals surface area contributed by atoms with E-state index in [0.29, 0.717) is 11.6 Å². The number of rotatable bonds is 6. The smallest absolute Gasteiger partial charge is 0.329 e. The summed E-state index contributed by atoms with van der Waals surface area (Å²) in [5.41, 5.74) is 4.16. The molecule has 1 aliphatic rings. The number of amides is 3. The Balaban J connectivity index is 1.39. The molecule has 0 atom stereocenters. The summed E-state index contributed by atoms with van der Waals surface area (Å²) in [5, 5.41) is 3.25. The Bertz CT molecular complexity index is 1120. The van der Waals surface area contributed by atoms with Gasteiger partial charge in [-0.05, 0) is 54.0 Å². The average Bonchev–Trinajstić information content (AvgIpc) is 3.03. The van der Waals surface area contributed by atoms with E-state index in [1.807, 2.05) is 43.3 Å². The minimum atomic E-state index is -0.441. The Morgan fingerprint density at radius 1 is 0.903 bits per heavy atom. The van der Waals surface area contributed by atoms with Crippen molar-refractivity contribution in [3.05, 3.63) is 106 Å². The second-order valence-corrected chi connectivity index (χ2v) is 7.79. The van der Waals surface area contributed by atoms with Crippen LogP contribution in [0.2, 0.25) is 5.02 Å². The van der Waals surface area contributed by atoms with Crippen LogP contribution in [0.5, 0.6) is 5.75 Å². The summed E-state index contributed by atoms with van der Waals surface area (Å²) >= 11 is 5.89. The van der Waals surface area contributed by atoms with Gasteiger partial charge in [0.2, 0.25) is 0 Å². The van der Waals surface area contributed by atoms with E-state index >= 15 is 0 Å². The molecule has 0 spiro atoms. The van der Waals surface area contributed by atoms with Crippen LogP contribution >= 0.6 is 11.6 Å². The lowest BCUT2D eigenvalue weighted by Gasteiger charge is -2.11. The van der Waals surface area contributed by atoms with E-state index in [1.165, 1.54) is 10.5 Å². The fourth-order valence-electron chi connectivity index (χ4n) is 3.17. The van der Waals surface area contributed by atoms with Crippen molar-refractivity contribution in [2.24, 2.45) is 0 Å². The molecular weight excluding hydrogens is 412 g/mol. The normalized spacial score (nSPS) is 14.8. The highest BCUT2D eigenvalue weighted by atomic mass is 35.5. The van der Waals surface area contributed by atoms with E-state index in [9.17, 15) is 9.59 Å². The largest absolute Gasteiger partial charge is 0.489 e. The first-order valence-electron chi connectivity index (χ1n) is 9.85. The van der Waals surface area contributed by atoms with Gasteiger partial charge in [0, 0.05) is 5.02 Å². The number of aryl methyl sites for hydroxylation is 1. The standard InChI is InChI=1S/C25H21ClN2O3/c1-17-2-4-20(5-3-17)16-31-22-12-8-18(9-13-22)14-23-24(29)28(25(30)27-23)15-19-6-10-21(26)11-7-19/h2-14H,15-16H2,1H3,(H,27,30)/b23-14-. The lowest BCUT2D eigenvalue weighted by atomic mass is 10.1. The Morgan fingerprint density at radius 3 is 2.23 bits per heavy atom. The topological polar surface area (TPSA) is 58.6 Å². The first kappa shape index (κ1) is 20.7. The van der Waals surface area contributed by atoms with Gasteiger partial charge in [0.1, 0.15) is 18.1 Å². The summed E-state index contributed by atoms with van der Waals surface area (Å²) in [4.78, 5) is 26.1. The van der Waals surface area contributed by atoms with Gasteiger partial charge in [-0.2, -0.15) is 0 Å².